The molecule has 2 aromatic rings. The molecular weight excluding hydrogens is 320 g/mol. The van der Waals surface area contributed by atoms with Crippen molar-refractivity contribution in [2.75, 3.05) is 13.1 Å². The van der Waals surface area contributed by atoms with Gasteiger partial charge in [0.15, 0.2) is 0 Å². The maximum absolute atomic E-state index is 12.9. The first kappa shape index (κ1) is 17.1. The monoisotopic (exact) mass is 342 g/mol. The lowest BCUT2D eigenvalue weighted by atomic mass is 9.90. The van der Waals surface area contributed by atoms with E-state index in [0.29, 0.717) is 12.1 Å². The highest BCUT2D eigenvalue weighted by atomic mass is 16.4. The second kappa shape index (κ2) is 7.04. The standard InChI is InChI=1S/C18H22N4O3/c1-3-8-22-12(2)14(9-20-22)17(23)21-10-15(16(11-21)18(24)25)13-4-6-19-7-5-13/h4-7,9,15-16H,3,8,10-11H2,1-2H3,(H,24,25). The fourth-order valence-corrected chi connectivity index (χ4v) is 3.43. The molecule has 7 nitrogen and oxygen atoms in total. The molecule has 1 amide bonds. The van der Waals surface area contributed by atoms with Crippen LogP contribution in [0.5, 0.6) is 0 Å². The van der Waals surface area contributed by atoms with E-state index in [9.17, 15) is 14.7 Å². The summed E-state index contributed by atoms with van der Waals surface area (Å²) in [6, 6.07) is 3.64. The van der Waals surface area contributed by atoms with E-state index in [-0.39, 0.29) is 18.4 Å². The first-order valence-electron chi connectivity index (χ1n) is 8.47. The second-order valence-electron chi connectivity index (χ2n) is 6.41. The molecule has 2 unspecified atom stereocenters. The van der Waals surface area contributed by atoms with Gasteiger partial charge in [-0.05, 0) is 31.0 Å². The first-order chi connectivity index (χ1) is 12.0. The lowest BCUT2D eigenvalue weighted by Crippen LogP contribution is -2.30. The van der Waals surface area contributed by atoms with Crippen LogP contribution >= 0.6 is 0 Å². The number of aliphatic carboxylic acids is 1. The van der Waals surface area contributed by atoms with Crippen LogP contribution in [0, 0.1) is 12.8 Å². The van der Waals surface area contributed by atoms with Gasteiger partial charge in [0, 0.05) is 43.6 Å². The molecule has 2 atom stereocenters. The fourth-order valence-electron chi connectivity index (χ4n) is 3.43. The van der Waals surface area contributed by atoms with Crippen molar-refractivity contribution in [3.63, 3.8) is 0 Å². The van der Waals surface area contributed by atoms with Gasteiger partial charge < -0.3 is 10.0 Å². The summed E-state index contributed by atoms with van der Waals surface area (Å²) < 4.78 is 1.82. The summed E-state index contributed by atoms with van der Waals surface area (Å²) in [5, 5.41) is 13.8. The molecule has 0 radical (unpaired) electrons. The minimum Gasteiger partial charge on any atom is -0.481 e. The number of nitrogens with zero attached hydrogens (tertiary/aromatic N) is 4. The number of hydrogen-bond donors (Lipinski definition) is 1. The number of pyridine rings is 1. The van der Waals surface area contributed by atoms with E-state index in [0.717, 1.165) is 24.2 Å². The van der Waals surface area contributed by atoms with Gasteiger partial charge in [0.1, 0.15) is 0 Å². The van der Waals surface area contributed by atoms with Crippen LogP contribution in [-0.2, 0) is 11.3 Å². The van der Waals surface area contributed by atoms with Crippen molar-refractivity contribution in [2.24, 2.45) is 5.92 Å². The van der Waals surface area contributed by atoms with Gasteiger partial charge in [-0.1, -0.05) is 6.92 Å². The normalized spacial score (nSPS) is 20.0. The molecule has 0 aliphatic carbocycles. The minimum absolute atomic E-state index is 0.150. The van der Waals surface area contributed by atoms with Crippen molar-refractivity contribution in [3.8, 4) is 0 Å². The van der Waals surface area contributed by atoms with Gasteiger partial charge in [0.25, 0.3) is 5.91 Å². The summed E-state index contributed by atoms with van der Waals surface area (Å²) in [5.41, 5.74) is 2.27. The summed E-state index contributed by atoms with van der Waals surface area (Å²) in [6.07, 6.45) is 5.82. The predicted octanol–water partition coefficient (Wildman–Crippen LogP) is 1.94. The molecule has 1 fully saturated rings. The van der Waals surface area contributed by atoms with Crippen LogP contribution in [0.1, 0.15) is 40.9 Å². The Labute approximate surface area is 146 Å². The van der Waals surface area contributed by atoms with Crippen molar-refractivity contribution in [1.29, 1.82) is 0 Å². The van der Waals surface area contributed by atoms with E-state index in [4.69, 9.17) is 0 Å². The Morgan fingerprint density at radius 2 is 2.00 bits per heavy atom. The maximum atomic E-state index is 12.9. The summed E-state index contributed by atoms with van der Waals surface area (Å²) in [5.74, 6) is -1.87. The zero-order valence-electron chi connectivity index (χ0n) is 14.4. The smallest absolute Gasteiger partial charge is 0.308 e. The van der Waals surface area contributed by atoms with Crippen molar-refractivity contribution in [3.05, 3.63) is 47.5 Å². The van der Waals surface area contributed by atoms with Crippen LogP contribution in [-0.4, -0.2) is 49.7 Å². The lowest BCUT2D eigenvalue weighted by molar-refractivity contribution is -0.141. The van der Waals surface area contributed by atoms with Crippen LogP contribution in [0.15, 0.2) is 30.7 Å². The van der Waals surface area contributed by atoms with Gasteiger partial charge in [-0.2, -0.15) is 5.10 Å². The van der Waals surface area contributed by atoms with Crippen molar-refractivity contribution < 1.29 is 14.7 Å². The van der Waals surface area contributed by atoms with Crippen molar-refractivity contribution in [1.82, 2.24) is 19.7 Å². The Morgan fingerprint density at radius 3 is 2.64 bits per heavy atom. The molecule has 3 rings (SSSR count). The second-order valence-corrected chi connectivity index (χ2v) is 6.41. The first-order valence-corrected chi connectivity index (χ1v) is 8.47. The zero-order valence-corrected chi connectivity index (χ0v) is 14.4. The van der Waals surface area contributed by atoms with Crippen LogP contribution in [0.3, 0.4) is 0 Å². The largest absolute Gasteiger partial charge is 0.481 e. The van der Waals surface area contributed by atoms with Gasteiger partial charge in [-0.3, -0.25) is 19.3 Å². The van der Waals surface area contributed by atoms with E-state index >= 15 is 0 Å². The molecule has 1 saturated heterocycles. The lowest BCUT2D eigenvalue weighted by Gasteiger charge is -2.16. The van der Waals surface area contributed by atoms with Crippen molar-refractivity contribution >= 4 is 11.9 Å². The highest BCUT2D eigenvalue weighted by molar-refractivity contribution is 5.95. The Hall–Kier alpha value is -2.70. The average molecular weight is 342 g/mol. The highest BCUT2D eigenvalue weighted by Gasteiger charge is 2.41. The SMILES string of the molecule is CCCn1ncc(C(=O)N2CC(C(=O)O)C(c3ccncc3)C2)c1C. The number of hydrogen-bond acceptors (Lipinski definition) is 4. The molecule has 3 heterocycles. The number of amides is 1. The van der Waals surface area contributed by atoms with Crippen LogP contribution < -0.4 is 0 Å². The summed E-state index contributed by atoms with van der Waals surface area (Å²) >= 11 is 0. The number of carboxylic acid groups (broad SMARTS) is 1. The molecule has 132 valence electrons. The van der Waals surface area contributed by atoms with Crippen LogP contribution in [0.25, 0.3) is 0 Å². The molecule has 7 heteroatoms. The third kappa shape index (κ3) is 3.26. The number of rotatable bonds is 5. The molecule has 1 aliphatic rings. The molecule has 25 heavy (non-hydrogen) atoms. The topological polar surface area (TPSA) is 88.3 Å². The molecule has 0 aromatic carbocycles. The van der Waals surface area contributed by atoms with E-state index in [1.54, 1.807) is 23.5 Å². The molecule has 1 N–H and O–H groups in total. The molecule has 0 saturated carbocycles. The van der Waals surface area contributed by atoms with Crippen LogP contribution in [0.4, 0.5) is 0 Å². The van der Waals surface area contributed by atoms with Gasteiger partial charge in [-0.15, -0.1) is 0 Å². The third-order valence-electron chi connectivity index (χ3n) is 4.83. The fraction of sp³-hybridized carbons (Fsp3) is 0.444. The number of carbonyl (C=O) groups excluding carboxylic acids is 1. The minimum atomic E-state index is -0.879. The Balaban J connectivity index is 1.84. The van der Waals surface area contributed by atoms with E-state index in [1.807, 2.05) is 23.7 Å². The van der Waals surface area contributed by atoms with E-state index in [2.05, 4.69) is 17.0 Å². The van der Waals surface area contributed by atoms with Gasteiger partial charge in [0.2, 0.25) is 0 Å². The van der Waals surface area contributed by atoms with Crippen LogP contribution in [0.2, 0.25) is 0 Å². The molecule has 2 aromatic heterocycles. The van der Waals surface area contributed by atoms with E-state index in [1.165, 1.54) is 0 Å². The highest BCUT2D eigenvalue weighted by Crippen LogP contribution is 2.33. The van der Waals surface area contributed by atoms with Gasteiger partial charge >= 0.3 is 5.97 Å². The Kier molecular flexibility index (Phi) is 4.83. The number of aromatic nitrogens is 3. The molecule has 0 bridgehead atoms. The summed E-state index contributed by atoms with van der Waals surface area (Å²) in [7, 11) is 0. The summed E-state index contributed by atoms with van der Waals surface area (Å²) in [6.45, 7) is 5.29. The number of carboxylic acids is 1. The third-order valence-corrected chi connectivity index (χ3v) is 4.83. The Morgan fingerprint density at radius 1 is 1.28 bits per heavy atom. The van der Waals surface area contributed by atoms with Crippen molar-refractivity contribution in [2.45, 2.75) is 32.7 Å². The number of likely N-dealkylation sites (tertiary alicyclic amines) is 1. The summed E-state index contributed by atoms with van der Waals surface area (Å²) in [4.78, 5) is 30.2. The molecule has 0 spiro atoms. The molecule has 1 aliphatic heterocycles. The quantitative estimate of drug-likeness (QED) is 0.897. The molecular formula is C18H22N4O3. The van der Waals surface area contributed by atoms with Gasteiger partial charge in [0.05, 0.1) is 17.7 Å². The maximum Gasteiger partial charge on any atom is 0.308 e. The average Bonchev–Trinajstić information content (AvgIpc) is 3.21. The predicted molar refractivity (Wildman–Crippen MR) is 91.3 cm³/mol. The Bertz CT molecular complexity index is 772. The zero-order chi connectivity index (χ0) is 18.0. The number of carbonyl (C=O) groups is 2. The number of aryl methyl sites for hydroxylation is 1. The van der Waals surface area contributed by atoms with Gasteiger partial charge in [-0.25, -0.2) is 0 Å². The van der Waals surface area contributed by atoms with E-state index < -0.39 is 11.9 Å².